The predicted octanol–water partition coefficient (Wildman–Crippen LogP) is 1.70. The Kier molecular flexibility index (Phi) is 6.01. The Labute approximate surface area is 114 Å². The number of aromatic nitrogens is 1. The molecule has 0 bridgehead atoms. The molecule has 100 valence electrons. The Morgan fingerprint density at radius 2 is 2.17 bits per heavy atom. The number of pyridine rings is 1. The molecule has 1 aromatic rings. The van der Waals surface area contributed by atoms with Gasteiger partial charge in [-0.15, -0.1) is 0 Å². The highest BCUT2D eigenvalue weighted by Crippen LogP contribution is 2.23. The highest BCUT2D eigenvalue weighted by Gasteiger charge is 2.19. The SMILES string of the molecule is CCC(CC)N(CCO)c1cccnc1C(N)=S. The van der Waals surface area contributed by atoms with Crippen LogP contribution in [0.4, 0.5) is 5.69 Å². The lowest BCUT2D eigenvalue weighted by atomic mass is 10.1. The average Bonchev–Trinajstić information content (AvgIpc) is 2.39. The Bertz CT molecular complexity index is 394. The molecule has 0 spiro atoms. The van der Waals surface area contributed by atoms with Crippen LogP contribution in [0.15, 0.2) is 18.3 Å². The van der Waals surface area contributed by atoms with Gasteiger partial charge in [-0.1, -0.05) is 26.1 Å². The van der Waals surface area contributed by atoms with Crippen molar-refractivity contribution in [2.24, 2.45) is 5.73 Å². The molecule has 1 rings (SSSR count). The number of anilines is 1. The molecular weight excluding hydrogens is 246 g/mol. The first kappa shape index (κ1) is 14.9. The minimum atomic E-state index is 0.0994. The smallest absolute Gasteiger partial charge is 0.124 e. The fourth-order valence-electron chi connectivity index (χ4n) is 2.16. The molecule has 5 heteroatoms. The van der Waals surface area contributed by atoms with Gasteiger partial charge in [0, 0.05) is 18.8 Å². The molecule has 0 aliphatic carbocycles. The van der Waals surface area contributed by atoms with E-state index >= 15 is 0 Å². The van der Waals surface area contributed by atoms with E-state index < -0.39 is 0 Å². The molecular formula is C13H21N3OS. The van der Waals surface area contributed by atoms with Crippen molar-refractivity contribution in [3.63, 3.8) is 0 Å². The summed E-state index contributed by atoms with van der Waals surface area (Å²) >= 11 is 5.04. The standard InChI is InChI=1S/C13H21N3OS/c1-3-10(4-2)16(8-9-17)11-6-5-7-15-12(11)13(14)18/h5-7,10,17H,3-4,8-9H2,1-2H3,(H2,14,18). The van der Waals surface area contributed by atoms with E-state index in [1.165, 1.54) is 0 Å². The van der Waals surface area contributed by atoms with Gasteiger partial charge in [-0.2, -0.15) is 0 Å². The molecule has 4 nitrogen and oxygen atoms in total. The van der Waals surface area contributed by atoms with Crippen LogP contribution >= 0.6 is 12.2 Å². The highest BCUT2D eigenvalue weighted by molar-refractivity contribution is 7.80. The monoisotopic (exact) mass is 267 g/mol. The van der Waals surface area contributed by atoms with Crippen LogP contribution in [0.2, 0.25) is 0 Å². The summed E-state index contributed by atoms with van der Waals surface area (Å²) in [6.07, 6.45) is 3.69. The van der Waals surface area contributed by atoms with Gasteiger partial charge in [0.15, 0.2) is 0 Å². The topological polar surface area (TPSA) is 62.4 Å². The quantitative estimate of drug-likeness (QED) is 0.736. The lowest BCUT2D eigenvalue weighted by Crippen LogP contribution is -2.38. The third-order valence-corrected chi connectivity index (χ3v) is 3.25. The first-order chi connectivity index (χ1) is 8.65. The van der Waals surface area contributed by atoms with Crippen LogP contribution in [0.5, 0.6) is 0 Å². The maximum atomic E-state index is 9.24. The van der Waals surface area contributed by atoms with Gasteiger partial charge in [-0.25, -0.2) is 0 Å². The van der Waals surface area contributed by atoms with Crippen molar-refractivity contribution < 1.29 is 5.11 Å². The van der Waals surface area contributed by atoms with Crippen molar-refractivity contribution in [1.82, 2.24) is 4.98 Å². The Hall–Kier alpha value is -1.20. The van der Waals surface area contributed by atoms with E-state index in [1.807, 2.05) is 12.1 Å². The van der Waals surface area contributed by atoms with Crippen LogP contribution in [0, 0.1) is 0 Å². The fraction of sp³-hybridized carbons (Fsp3) is 0.538. The molecule has 0 aliphatic rings. The van der Waals surface area contributed by atoms with Crippen molar-refractivity contribution in [1.29, 1.82) is 0 Å². The van der Waals surface area contributed by atoms with Gasteiger partial charge in [-0.05, 0) is 25.0 Å². The van der Waals surface area contributed by atoms with Crippen LogP contribution in [-0.2, 0) is 0 Å². The van der Waals surface area contributed by atoms with E-state index in [9.17, 15) is 5.11 Å². The summed E-state index contributed by atoms with van der Waals surface area (Å²) in [5.74, 6) is 0. The molecule has 0 unspecified atom stereocenters. The van der Waals surface area contributed by atoms with E-state index in [2.05, 4.69) is 23.7 Å². The lowest BCUT2D eigenvalue weighted by Gasteiger charge is -2.33. The fourth-order valence-corrected chi connectivity index (χ4v) is 2.31. The second-order valence-corrected chi connectivity index (χ2v) is 4.56. The van der Waals surface area contributed by atoms with Crippen molar-refractivity contribution in [3.8, 4) is 0 Å². The number of nitrogens with zero attached hydrogens (tertiary/aromatic N) is 2. The molecule has 3 N–H and O–H groups in total. The molecule has 0 atom stereocenters. The molecule has 0 aromatic carbocycles. The van der Waals surface area contributed by atoms with Gasteiger partial charge in [-0.3, -0.25) is 4.98 Å². The molecule has 0 saturated carbocycles. The number of rotatable bonds is 7. The lowest BCUT2D eigenvalue weighted by molar-refractivity contribution is 0.296. The Morgan fingerprint density at radius 1 is 1.50 bits per heavy atom. The third-order valence-electron chi connectivity index (χ3n) is 3.05. The van der Waals surface area contributed by atoms with Crippen molar-refractivity contribution in [2.75, 3.05) is 18.1 Å². The number of aliphatic hydroxyl groups excluding tert-OH is 1. The van der Waals surface area contributed by atoms with Crippen molar-refractivity contribution >= 4 is 22.9 Å². The van der Waals surface area contributed by atoms with Crippen LogP contribution < -0.4 is 10.6 Å². The normalized spacial score (nSPS) is 10.7. The number of hydrogen-bond acceptors (Lipinski definition) is 4. The molecule has 1 aromatic heterocycles. The van der Waals surface area contributed by atoms with Crippen LogP contribution in [0.3, 0.4) is 0 Å². The third kappa shape index (κ3) is 3.40. The largest absolute Gasteiger partial charge is 0.395 e. The molecule has 0 aliphatic heterocycles. The molecule has 0 radical (unpaired) electrons. The summed E-state index contributed by atoms with van der Waals surface area (Å²) in [5.41, 5.74) is 7.25. The summed E-state index contributed by atoms with van der Waals surface area (Å²) in [4.78, 5) is 6.67. The first-order valence-electron chi connectivity index (χ1n) is 6.27. The van der Waals surface area contributed by atoms with Gasteiger partial charge < -0.3 is 15.7 Å². The van der Waals surface area contributed by atoms with Crippen LogP contribution in [0.1, 0.15) is 32.4 Å². The number of nitrogens with two attached hydrogens (primary N) is 1. The molecule has 0 amide bonds. The summed E-state index contributed by atoms with van der Waals surface area (Å²) < 4.78 is 0. The van der Waals surface area contributed by atoms with E-state index in [-0.39, 0.29) is 6.61 Å². The zero-order valence-electron chi connectivity index (χ0n) is 11.0. The Morgan fingerprint density at radius 3 is 2.67 bits per heavy atom. The number of aliphatic hydroxyl groups is 1. The average molecular weight is 267 g/mol. The number of thiocarbonyl (C=S) groups is 1. The molecule has 0 saturated heterocycles. The van der Waals surface area contributed by atoms with Gasteiger partial charge >= 0.3 is 0 Å². The molecule has 1 heterocycles. The summed E-state index contributed by atoms with van der Waals surface area (Å²) in [6.45, 7) is 4.93. The molecule has 18 heavy (non-hydrogen) atoms. The maximum Gasteiger partial charge on any atom is 0.124 e. The van der Waals surface area contributed by atoms with Crippen LogP contribution in [0.25, 0.3) is 0 Å². The minimum absolute atomic E-state index is 0.0994. The van der Waals surface area contributed by atoms with E-state index in [0.717, 1.165) is 18.5 Å². The minimum Gasteiger partial charge on any atom is -0.395 e. The van der Waals surface area contributed by atoms with Crippen molar-refractivity contribution in [2.45, 2.75) is 32.7 Å². The van der Waals surface area contributed by atoms with Gasteiger partial charge in [0.05, 0.1) is 12.3 Å². The summed E-state index contributed by atoms with van der Waals surface area (Å²) in [6, 6.07) is 4.17. The maximum absolute atomic E-state index is 9.24. The van der Waals surface area contributed by atoms with E-state index in [4.69, 9.17) is 18.0 Å². The van der Waals surface area contributed by atoms with Crippen molar-refractivity contribution in [3.05, 3.63) is 24.0 Å². The first-order valence-corrected chi connectivity index (χ1v) is 6.68. The summed E-state index contributed by atoms with van der Waals surface area (Å²) in [5, 5.41) is 9.24. The van der Waals surface area contributed by atoms with E-state index in [1.54, 1.807) is 6.20 Å². The van der Waals surface area contributed by atoms with Crippen LogP contribution in [-0.4, -0.2) is 34.3 Å². The van der Waals surface area contributed by atoms with E-state index in [0.29, 0.717) is 23.3 Å². The zero-order chi connectivity index (χ0) is 13.5. The van der Waals surface area contributed by atoms with Gasteiger partial charge in [0.1, 0.15) is 10.7 Å². The second kappa shape index (κ2) is 7.28. The highest BCUT2D eigenvalue weighted by atomic mass is 32.1. The Balaban J connectivity index is 3.16. The van der Waals surface area contributed by atoms with Gasteiger partial charge in [0.25, 0.3) is 0 Å². The van der Waals surface area contributed by atoms with Gasteiger partial charge in [0.2, 0.25) is 0 Å². The second-order valence-electron chi connectivity index (χ2n) is 4.12. The predicted molar refractivity (Wildman–Crippen MR) is 78.9 cm³/mol. The number of hydrogen-bond donors (Lipinski definition) is 2. The zero-order valence-corrected chi connectivity index (χ0v) is 11.8. The summed E-state index contributed by atoms with van der Waals surface area (Å²) in [7, 11) is 0. The molecule has 0 fully saturated rings.